The topological polar surface area (TPSA) is 152 Å². The zero-order valence-corrected chi connectivity index (χ0v) is 52.2. The number of rotatable bonds is 9. The molecule has 0 radical (unpaired) electrons. The third kappa shape index (κ3) is 8.66. The molecule has 0 amide bonds. The molecule has 450 valence electrons. The van der Waals surface area contributed by atoms with Crippen LogP contribution in [0.5, 0.6) is 0 Å². The first-order chi connectivity index (χ1) is 48.4. The second kappa shape index (κ2) is 22.5. The molecule has 5 heterocycles. The summed E-state index contributed by atoms with van der Waals surface area (Å²) in [4.78, 5) is 4.82. The summed E-state index contributed by atoms with van der Waals surface area (Å²) in [7, 11) is 0. The molecular weight excluding hydrogens is 1200 g/mol. The minimum absolute atomic E-state index is 0.461. The normalized spacial score (nSPS) is 11.4. The van der Waals surface area contributed by atoms with Gasteiger partial charge in [0.25, 0.3) is 0 Å². The van der Waals surface area contributed by atoms with Gasteiger partial charge in [-0.25, -0.2) is 0 Å². The van der Waals surface area contributed by atoms with Crippen molar-refractivity contribution in [3.63, 3.8) is 0 Å². The number of fused-ring (bicyclic) bond motifs is 12. The molecule has 5 aromatic heterocycles. The zero-order valence-electron chi connectivity index (χ0n) is 52.2. The fourth-order valence-electron chi connectivity index (χ4n) is 15.2. The predicted molar refractivity (Wildman–Crippen MR) is 392 cm³/mol. The van der Waals surface area contributed by atoms with Crippen molar-refractivity contribution in [3.8, 4) is 109 Å². The molecule has 0 saturated carbocycles. The molecule has 18 rings (SSSR count). The van der Waals surface area contributed by atoms with E-state index in [2.05, 4.69) is 200 Å². The van der Waals surface area contributed by atoms with Gasteiger partial charge in [-0.2, -0.15) is 26.3 Å². The molecule has 0 atom stereocenters. The molecule has 0 aliphatic heterocycles. The summed E-state index contributed by atoms with van der Waals surface area (Å²) >= 11 is 0. The number of para-hydroxylation sites is 4. The Hall–Kier alpha value is -14.3. The Morgan fingerprint density at radius 1 is 0.224 bits per heavy atom. The van der Waals surface area contributed by atoms with Gasteiger partial charge in [0.15, 0.2) is 0 Å². The van der Waals surface area contributed by atoms with E-state index in [9.17, 15) is 26.3 Å². The lowest BCUT2D eigenvalue weighted by Crippen LogP contribution is -2.03. The minimum atomic E-state index is 0.461. The van der Waals surface area contributed by atoms with E-state index in [1.54, 1.807) is 6.20 Å². The molecule has 0 aliphatic rings. The van der Waals surface area contributed by atoms with Crippen LogP contribution in [0.1, 0.15) is 27.8 Å². The molecule has 13 aromatic carbocycles. The van der Waals surface area contributed by atoms with Crippen LogP contribution in [-0.4, -0.2) is 23.3 Å². The summed E-state index contributed by atoms with van der Waals surface area (Å²) in [5.41, 5.74) is 22.5. The van der Waals surface area contributed by atoms with E-state index in [1.807, 2.05) is 134 Å². The van der Waals surface area contributed by atoms with Crippen LogP contribution in [0.25, 0.3) is 166 Å². The van der Waals surface area contributed by atoms with Crippen molar-refractivity contribution < 1.29 is 0 Å². The van der Waals surface area contributed by atoms with E-state index in [1.165, 1.54) is 0 Å². The van der Waals surface area contributed by atoms with Crippen LogP contribution < -0.4 is 0 Å². The van der Waals surface area contributed by atoms with Crippen molar-refractivity contribution in [3.05, 3.63) is 319 Å². The van der Waals surface area contributed by atoms with Gasteiger partial charge >= 0.3 is 0 Å². The van der Waals surface area contributed by atoms with Gasteiger partial charge in [-0.3, -0.25) is 4.98 Å². The van der Waals surface area contributed by atoms with Crippen LogP contribution in [-0.2, 0) is 0 Å². The first kappa shape index (κ1) is 56.4. The Morgan fingerprint density at radius 3 is 0.765 bits per heavy atom. The molecule has 0 unspecified atom stereocenters. The maximum Gasteiger partial charge on any atom is 0.100 e. The van der Waals surface area contributed by atoms with Gasteiger partial charge in [-0.05, 0) is 185 Å². The van der Waals surface area contributed by atoms with Crippen LogP contribution in [0, 0.1) is 56.7 Å². The summed E-state index contributed by atoms with van der Waals surface area (Å²) in [5.74, 6) is 0. The molecular formula is C88H48N10. The average Bonchev–Trinajstić information content (AvgIpc) is 1.14. The number of benzene rings is 13. The van der Waals surface area contributed by atoms with Crippen molar-refractivity contribution in [2.45, 2.75) is 0 Å². The smallest absolute Gasteiger partial charge is 0.100 e. The van der Waals surface area contributed by atoms with E-state index in [-0.39, 0.29) is 0 Å². The number of aromatic nitrogens is 5. The van der Waals surface area contributed by atoms with Crippen LogP contribution in [0.15, 0.2) is 291 Å². The van der Waals surface area contributed by atoms with E-state index < -0.39 is 0 Å². The zero-order chi connectivity index (χ0) is 65.7. The molecule has 0 saturated heterocycles. The van der Waals surface area contributed by atoms with Crippen molar-refractivity contribution in [1.82, 2.24) is 23.3 Å². The van der Waals surface area contributed by atoms with Crippen molar-refractivity contribution in [1.29, 1.82) is 26.3 Å². The SMILES string of the molecule is N#Cc1ccc2c(c1)c1ccccc1n2-c1ccc(-c2c(C#N)c(-c3ccc(-n4c5ccccc5c5cc(C#N)ccc54)cc3)c(-c3cccnc3)c(-c3ccc(-n4c5ccccc5c5cc(C#N)ccc54)cc3)c2-c2ccc(-n3c4ccccc4c4cc(C#N)ccc43)cc2)cc1. The second-order valence-corrected chi connectivity index (χ2v) is 24.6. The van der Waals surface area contributed by atoms with Crippen LogP contribution >= 0.6 is 0 Å². The fourth-order valence-corrected chi connectivity index (χ4v) is 15.2. The quantitative estimate of drug-likeness (QED) is 0.140. The fraction of sp³-hybridized carbons (Fsp3) is 0. The maximum atomic E-state index is 12.5. The second-order valence-electron chi connectivity index (χ2n) is 24.6. The summed E-state index contributed by atoms with van der Waals surface area (Å²) in [6.07, 6.45) is 3.67. The Balaban J connectivity index is 0.930. The molecule has 0 N–H and O–H groups in total. The minimum Gasteiger partial charge on any atom is -0.309 e. The summed E-state index contributed by atoms with van der Waals surface area (Å²) in [6, 6.07) is 107. The van der Waals surface area contributed by atoms with Crippen LogP contribution in [0.2, 0.25) is 0 Å². The highest BCUT2D eigenvalue weighted by Crippen LogP contribution is 2.54. The highest BCUT2D eigenvalue weighted by Gasteiger charge is 2.30. The Kier molecular flexibility index (Phi) is 12.9. The molecule has 0 bridgehead atoms. The van der Waals surface area contributed by atoms with Crippen molar-refractivity contribution in [2.75, 3.05) is 0 Å². The number of nitrogens with zero attached hydrogens (tertiary/aromatic N) is 10. The highest BCUT2D eigenvalue weighted by molar-refractivity contribution is 6.15. The molecule has 0 spiro atoms. The molecule has 10 heteroatoms. The summed E-state index contributed by atoms with van der Waals surface area (Å²) in [6.45, 7) is 0. The molecule has 10 nitrogen and oxygen atoms in total. The van der Waals surface area contributed by atoms with Crippen molar-refractivity contribution in [2.24, 2.45) is 0 Å². The Morgan fingerprint density at radius 2 is 0.490 bits per heavy atom. The predicted octanol–water partition coefficient (Wildman–Crippen LogP) is 21.2. The molecule has 0 fully saturated rings. The first-order valence-corrected chi connectivity index (χ1v) is 32.1. The molecule has 98 heavy (non-hydrogen) atoms. The van der Waals surface area contributed by atoms with E-state index in [0.29, 0.717) is 27.8 Å². The van der Waals surface area contributed by atoms with E-state index >= 15 is 0 Å². The number of pyridine rings is 1. The number of hydrogen-bond acceptors (Lipinski definition) is 6. The van der Waals surface area contributed by atoms with Gasteiger partial charge in [0.05, 0.1) is 96.2 Å². The lowest BCUT2D eigenvalue weighted by Gasteiger charge is -2.26. The van der Waals surface area contributed by atoms with Gasteiger partial charge in [-0.15, -0.1) is 0 Å². The summed E-state index contributed by atoms with van der Waals surface area (Å²) in [5, 5.41) is 60.8. The van der Waals surface area contributed by atoms with Gasteiger partial charge in [0, 0.05) is 100 Å². The largest absolute Gasteiger partial charge is 0.309 e. The van der Waals surface area contributed by atoms with Gasteiger partial charge in [-0.1, -0.05) is 127 Å². The maximum absolute atomic E-state index is 12.5. The third-order valence-electron chi connectivity index (χ3n) is 19.4. The van der Waals surface area contributed by atoms with Gasteiger partial charge < -0.3 is 18.3 Å². The summed E-state index contributed by atoms with van der Waals surface area (Å²) < 4.78 is 8.97. The van der Waals surface area contributed by atoms with Crippen LogP contribution in [0.3, 0.4) is 0 Å². The standard InChI is InChI=1S/C88H48N10/c89-48-54-19-39-80-71(44-54)67-11-1-5-15-76(67)95(80)63-31-23-58(24-32-63)84-75(52-93)85(59-25-33-64(34-26-59)96-77-16-6-2-12-68(77)72-45-55(49-90)20-40-81(72)96)88(62-10-9-43-94-53-62)87(61-29-37-66(38-30-61)98-79-18-8-4-14-70(79)74-47-57(51-92)22-42-83(74)98)86(84)60-27-35-65(36-28-60)97-78-17-7-3-13-69(78)73-46-56(50-91)21-41-82(73)97/h1-47,53H. The molecule has 0 aliphatic carbocycles. The number of nitriles is 5. The lowest BCUT2D eigenvalue weighted by molar-refractivity contribution is 1.18. The first-order valence-electron chi connectivity index (χ1n) is 32.1. The average molecular weight is 1250 g/mol. The van der Waals surface area contributed by atoms with E-state index in [0.717, 1.165) is 166 Å². The monoisotopic (exact) mass is 1240 g/mol. The number of hydrogen-bond donors (Lipinski definition) is 0. The van der Waals surface area contributed by atoms with Gasteiger partial charge in [0.1, 0.15) is 6.07 Å². The van der Waals surface area contributed by atoms with E-state index in [4.69, 9.17) is 4.98 Å². The lowest BCUT2D eigenvalue weighted by atomic mass is 9.76. The Labute approximate surface area is 561 Å². The third-order valence-corrected chi connectivity index (χ3v) is 19.4. The van der Waals surface area contributed by atoms with Gasteiger partial charge in [0.2, 0.25) is 0 Å². The van der Waals surface area contributed by atoms with Crippen molar-refractivity contribution >= 4 is 87.2 Å². The highest BCUT2D eigenvalue weighted by atomic mass is 15.0. The molecule has 18 aromatic rings. The van der Waals surface area contributed by atoms with Crippen LogP contribution in [0.4, 0.5) is 0 Å². The Bertz CT molecular complexity index is 6630.